The van der Waals surface area contributed by atoms with Crippen molar-refractivity contribution in [3.63, 3.8) is 0 Å². The highest BCUT2D eigenvalue weighted by Crippen LogP contribution is 2.33. The number of fused-ring (bicyclic) bond motifs is 1. The van der Waals surface area contributed by atoms with E-state index >= 15 is 0 Å². The number of carbonyl (C=O) groups is 1. The number of nitro benzene ring substituents is 1. The van der Waals surface area contributed by atoms with Crippen molar-refractivity contribution in [3.8, 4) is 0 Å². The standard InChI is InChI=1S/C17H15ClN2O6S/c1-26-17(21)16-8-11-4-2-3-5-12(11)10-19(16)27(24,25)13-6-7-14(18)15(9-13)20(22)23/h2-7,9,16H,8,10H2,1H3/t16-/m0/s1. The maximum absolute atomic E-state index is 13.2. The molecule has 0 radical (unpaired) electrons. The highest BCUT2D eigenvalue weighted by Gasteiger charge is 2.40. The summed E-state index contributed by atoms with van der Waals surface area (Å²) < 4.78 is 32.1. The van der Waals surface area contributed by atoms with Crippen molar-refractivity contribution in [3.05, 3.63) is 68.7 Å². The molecular formula is C17H15ClN2O6S. The number of benzene rings is 2. The topological polar surface area (TPSA) is 107 Å². The zero-order chi connectivity index (χ0) is 19.8. The molecule has 1 heterocycles. The zero-order valence-corrected chi connectivity index (χ0v) is 15.7. The van der Waals surface area contributed by atoms with Crippen LogP contribution >= 0.6 is 11.6 Å². The Labute approximate surface area is 160 Å². The first kappa shape index (κ1) is 19.3. The number of nitro groups is 1. The molecule has 2 aromatic carbocycles. The number of carbonyl (C=O) groups excluding carboxylic acids is 1. The minimum absolute atomic E-state index is 0.0469. The van der Waals surface area contributed by atoms with Crippen LogP contribution in [0.3, 0.4) is 0 Å². The highest BCUT2D eigenvalue weighted by molar-refractivity contribution is 7.89. The average molecular weight is 411 g/mol. The number of ether oxygens (including phenoxy) is 1. The Bertz CT molecular complexity index is 1020. The van der Waals surface area contributed by atoms with Crippen molar-refractivity contribution >= 4 is 33.3 Å². The smallest absolute Gasteiger partial charge is 0.324 e. The number of hydrogen-bond donors (Lipinski definition) is 0. The third-order valence-corrected chi connectivity index (χ3v) is 6.57. The van der Waals surface area contributed by atoms with Gasteiger partial charge in [-0.1, -0.05) is 35.9 Å². The quantitative estimate of drug-likeness (QED) is 0.435. The monoisotopic (exact) mass is 410 g/mol. The second-order valence-electron chi connectivity index (χ2n) is 5.93. The van der Waals surface area contributed by atoms with E-state index in [0.29, 0.717) is 0 Å². The number of methoxy groups -OCH3 is 1. The lowest BCUT2D eigenvalue weighted by Crippen LogP contribution is -2.49. The maximum Gasteiger partial charge on any atom is 0.324 e. The van der Waals surface area contributed by atoms with Crippen molar-refractivity contribution in [2.45, 2.75) is 23.9 Å². The molecule has 0 N–H and O–H groups in total. The molecular weight excluding hydrogens is 396 g/mol. The van der Waals surface area contributed by atoms with Gasteiger partial charge in [-0.15, -0.1) is 0 Å². The van der Waals surface area contributed by atoms with Gasteiger partial charge >= 0.3 is 5.97 Å². The van der Waals surface area contributed by atoms with Crippen LogP contribution in [0, 0.1) is 10.1 Å². The van der Waals surface area contributed by atoms with Gasteiger partial charge in [-0.25, -0.2) is 8.42 Å². The summed E-state index contributed by atoms with van der Waals surface area (Å²) in [6, 6.07) is 9.33. The molecule has 1 aliphatic heterocycles. The van der Waals surface area contributed by atoms with E-state index < -0.39 is 32.6 Å². The van der Waals surface area contributed by atoms with E-state index in [9.17, 15) is 23.3 Å². The summed E-state index contributed by atoms with van der Waals surface area (Å²) in [6.45, 7) is -0.0469. The van der Waals surface area contributed by atoms with Crippen LogP contribution in [0.25, 0.3) is 0 Å². The Morgan fingerprint density at radius 3 is 2.56 bits per heavy atom. The van der Waals surface area contributed by atoms with Gasteiger partial charge in [-0.2, -0.15) is 4.31 Å². The minimum atomic E-state index is -4.21. The first-order valence-corrected chi connectivity index (χ1v) is 9.68. The van der Waals surface area contributed by atoms with E-state index in [0.717, 1.165) is 27.6 Å². The molecule has 0 saturated heterocycles. The first-order valence-electron chi connectivity index (χ1n) is 7.86. The molecule has 2 aromatic rings. The fourth-order valence-electron chi connectivity index (χ4n) is 3.02. The van der Waals surface area contributed by atoms with E-state index in [2.05, 4.69) is 0 Å². The summed E-state index contributed by atoms with van der Waals surface area (Å²) in [5.41, 5.74) is 1.08. The molecule has 1 aliphatic rings. The molecule has 27 heavy (non-hydrogen) atoms. The molecule has 0 unspecified atom stereocenters. The molecule has 0 bridgehead atoms. The molecule has 8 nitrogen and oxygen atoms in total. The van der Waals surface area contributed by atoms with Gasteiger partial charge in [0.05, 0.1) is 16.9 Å². The van der Waals surface area contributed by atoms with Crippen LogP contribution in [0.15, 0.2) is 47.4 Å². The molecule has 0 fully saturated rings. The lowest BCUT2D eigenvalue weighted by Gasteiger charge is -2.34. The highest BCUT2D eigenvalue weighted by atomic mass is 35.5. The normalized spacial score (nSPS) is 17.2. The first-order chi connectivity index (χ1) is 12.8. The van der Waals surface area contributed by atoms with Crippen molar-refractivity contribution in [1.29, 1.82) is 0 Å². The molecule has 0 saturated carbocycles. The molecule has 0 aliphatic carbocycles. The number of esters is 1. The predicted molar refractivity (Wildman–Crippen MR) is 96.8 cm³/mol. The van der Waals surface area contributed by atoms with Crippen LogP contribution in [0.5, 0.6) is 0 Å². The third kappa shape index (κ3) is 3.53. The lowest BCUT2D eigenvalue weighted by molar-refractivity contribution is -0.384. The van der Waals surface area contributed by atoms with Crippen LogP contribution in [-0.4, -0.2) is 36.8 Å². The largest absolute Gasteiger partial charge is 0.468 e. The Morgan fingerprint density at radius 2 is 1.93 bits per heavy atom. The summed E-state index contributed by atoms with van der Waals surface area (Å²) in [5, 5.41) is 10.9. The summed E-state index contributed by atoms with van der Waals surface area (Å²) in [5.74, 6) is -0.698. The van der Waals surface area contributed by atoms with E-state index in [4.69, 9.17) is 16.3 Å². The number of hydrogen-bond acceptors (Lipinski definition) is 6. The summed E-state index contributed by atoms with van der Waals surface area (Å²) in [7, 11) is -3.03. The van der Waals surface area contributed by atoms with Gasteiger partial charge in [0.1, 0.15) is 11.1 Å². The van der Waals surface area contributed by atoms with Gasteiger partial charge in [0.25, 0.3) is 5.69 Å². The van der Waals surface area contributed by atoms with Crippen molar-refractivity contribution in [2.24, 2.45) is 0 Å². The molecule has 0 amide bonds. The van der Waals surface area contributed by atoms with Gasteiger partial charge in [-0.3, -0.25) is 14.9 Å². The van der Waals surface area contributed by atoms with E-state index in [1.54, 1.807) is 18.2 Å². The molecule has 142 valence electrons. The third-order valence-electron chi connectivity index (χ3n) is 4.40. The number of halogens is 1. The maximum atomic E-state index is 13.2. The molecule has 10 heteroatoms. The number of rotatable bonds is 4. The SMILES string of the molecule is COC(=O)[C@@H]1Cc2ccccc2CN1S(=O)(=O)c1ccc(Cl)c([N+](=O)[O-])c1. The van der Waals surface area contributed by atoms with Crippen molar-refractivity contribution < 1.29 is 22.9 Å². The lowest BCUT2D eigenvalue weighted by atomic mass is 9.96. The Balaban J connectivity index is 2.10. The predicted octanol–water partition coefficient (Wildman–Crippen LogP) is 2.54. The Morgan fingerprint density at radius 1 is 1.26 bits per heavy atom. The Kier molecular flexibility index (Phi) is 5.18. The molecule has 0 spiro atoms. The van der Waals surface area contributed by atoms with Crippen molar-refractivity contribution in [2.75, 3.05) is 7.11 Å². The van der Waals surface area contributed by atoms with E-state index in [1.807, 2.05) is 6.07 Å². The van der Waals surface area contributed by atoms with E-state index in [1.165, 1.54) is 13.2 Å². The minimum Gasteiger partial charge on any atom is -0.468 e. The summed E-state index contributed by atoms with van der Waals surface area (Å²) >= 11 is 5.77. The number of nitrogens with zero attached hydrogens (tertiary/aromatic N) is 2. The molecule has 1 atom stereocenters. The van der Waals surface area contributed by atoms with Crippen LogP contribution in [-0.2, 0) is 32.5 Å². The zero-order valence-electron chi connectivity index (χ0n) is 14.2. The van der Waals surface area contributed by atoms with Crippen LogP contribution in [0.4, 0.5) is 5.69 Å². The fourth-order valence-corrected chi connectivity index (χ4v) is 4.78. The van der Waals surface area contributed by atoms with Gasteiger partial charge in [-0.05, 0) is 23.3 Å². The van der Waals surface area contributed by atoms with E-state index in [-0.39, 0.29) is 22.9 Å². The van der Waals surface area contributed by atoms with Gasteiger partial charge in [0.2, 0.25) is 10.0 Å². The van der Waals surface area contributed by atoms with Gasteiger partial charge in [0, 0.05) is 19.0 Å². The summed E-state index contributed by atoms with van der Waals surface area (Å²) in [6.07, 6.45) is 0.151. The van der Waals surface area contributed by atoms with Crippen molar-refractivity contribution in [1.82, 2.24) is 4.31 Å². The Hall–Kier alpha value is -2.49. The molecule has 0 aromatic heterocycles. The van der Waals surface area contributed by atoms with Crippen LogP contribution in [0.1, 0.15) is 11.1 Å². The molecule has 3 rings (SSSR count). The van der Waals surface area contributed by atoms with Crippen LogP contribution < -0.4 is 0 Å². The second-order valence-corrected chi connectivity index (χ2v) is 8.23. The second kappa shape index (κ2) is 7.26. The summed E-state index contributed by atoms with van der Waals surface area (Å²) in [4.78, 5) is 22.3. The number of sulfonamides is 1. The average Bonchev–Trinajstić information content (AvgIpc) is 2.66. The van der Waals surface area contributed by atoms with Gasteiger partial charge < -0.3 is 4.74 Å². The van der Waals surface area contributed by atoms with Gasteiger partial charge in [0.15, 0.2) is 0 Å². The fraction of sp³-hybridized carbons (Fsp3) is 0.235. The van der Waals surface area contributed by atoms with Crippen LogP contribution in [0.2, 0.25) is 5.02 Å².